The Balaban J connectivity index is 2.24. The lowest BCUT2D eigenvalue weighted by Gasteiger charge is -2.17. The van der Waals surface area contributed by atoms with E-state index in [0.717, 1.165) is 32.4 Å². The number of aromatic nitrogens is 2. The van der Waals surface area contributed by atoms with Crippen molar-refractivity contribution < 1.29 is 4.92 Å². The molecular weight excluding hydrogens is 258 g/mol. The average molecular weight is 279 g/mol. The Labute approximate surface area is 118 Å². The maximum atomic E-state index is 11.1. The van der Waals surface area contributed by atoms with Crippen LogP contribution in [0.5, 0.6) is 0 Å². The monoisotopic (exact) mass is 279 g/mol. The van der Waals surface area contributed by atoms with E-state index < -0.39 is 4.92 Å². The second-order valence-corrected chi connectivity index (χ2v) is 5.08. The molecule has 1 aliphatic rings. The number of hydrogen-bond donors (Lipinski definition) is 1. The predicted octanol–water partition coefficient (Wildman–Crippen LogP) is 2.44. The van der Waals surface area contributed by atoms with Crippen LogP contribution in [0.25, 0.3) is 0 Å². The van der Waals surface area contributed by atoms with Gasteiger partial charge in [-0.05, 0) is 25.7 Å². The first-order valence-electron chi connectivity index (χ1n) is 7.16. The minimum atomic E-state index is -0.405. The van der Waals surface area contributed by atoms with Gasteiger partial charge in [-0.3, -0.25) is 10.1 Å². The maximum Gasteiger partial charge on any atom is 0.329 e. The molecule has 7 heteroatoms. The summed E-state index contributed by atoms with van der Waals surface area (Å²) in [5, 5.41) is 14.1. The van der Waals surface area contributed by atoms with Crippen molar-refractivity contribution in [2.45, 2.75) is 33.1 Å². The lowest BCUT2D eigenvalue weighted by molar-refractivity contribution is -0.384. The molecule has 0 radical (unpaired) electrons. The Morgan fingerprint density at radius 2 is 2.35 bits per heavy atom. The molecule has 0 aromatic carbocycles. The van der Waals surface area contributed by atoms with E-state index in [1.54, 1.807) is 0 Å². The van der Waals surface area contributed by atoms with Gasteiger partial charge in [-0.2, -0.15) is 4.98 Å². The third-order valence-corrected chi connectivity index (χ3v) is 3.56. The normalized spacial score (nSPS) is 18.3. The summed E-state index contributed by atoms with van der Waals surface area (Å²) in [4.78, 5) is 21.1. The fourth-order valence-electron chi connectivity index (χ4n) is 2.64. The summed E-state index contributed by atoms with van der Waals surface area (Å²) < 4.78 is 0. The zero-order valence-corrected chi connectivity index (χ0v) is 12.0. The van der Waals surface area contributed by atoms with Crippen molar-refractivity contribution in [1.82, 2.24) is 9.97 Å². The van der Waals surface area contributed by atoms with Gasteiger partial charge in [-0.15, -0.1) is 0 Å². The van der Waals surface area contributed by atoms with Gasteiger partial charge in [-0.25, -0.2) is 4.98 Å². The van der Waals surface area contributed by atoms with Crippen molar-refractivity contribution in [3.63, 3.8) is 0 Å². The number of anilines is 2. The molecule has 0 aliphatic carbocycles. The summed E-state index contributed by atoms with van der Waals surface area (Å²) in [5.74, 6) is 1.50. The smallest absolute Gasteiger partial charge is 0.329 e. The highest BCUT2D eigenvalue weighted by atomic mass is 16.6. The quantitative estimate of drug-likeness (QED) is 0.636. The molecule has 1 fully saturated rings. The molecule has 0 spiro atoms. The standard InChI is InChI=1S/C13H21N5O2/c1-3-5-10-6-7-17(9-10)12-11(18(19)20)8-15-13(16-12)14-4-2/h8,10H,3-7,9H2,1-2H3,(H,14,15,16). The predicted molar refractivity (Wildman–Crippen MR) is 78.1 cm³/mol. The Bertz CT molecular complexity index is 480. The highest BCUT2D eigenvalue weighted by Gasteiger charge is 2.29. The molecule has 2 heterocycles. The third kappa shape index (κ3) is 3.15. The zero-order chi connectivity index (χ0) is 14.5. The molecule has 0 bridgehead atoms. The van der Waals surface area contributed by atoms with Gasteiger partial charge in [0.1, 0.15) is 6.20 Å². The lowest BCUT2D eigenvalue weighted by atomic mass is 10.0. The van der Waals surface area contributed by atoms with E-state index >= 15 is 0 Å². The summed E-state index contributed by atoms with van der Waals surface area (Å²) in [6.07, 6.45) is 4.68. The van der Waals surface area contributed by atoms with Crippen molar-refractivity contribution in [2.75, 3.05) is 29.9 Å². The highest BCUT2D eigenvalue weighted by molar-refractivity contribution is 5.59. The summed E-state index contributed by atoms with van der Waals surface area (Å²) in [6, 6.07) is 0. The van der Waals surface area contributed by atoms with E-state index in [4.69, 9.17) is 0 Å². The van der Waals surface area contributed by atoms with Crippen LogP contribution in [0.3, 0.4) is 0 Å². The second kappa shape index (κ2) is 6.49. The van der Waals surface area contributed by atoms with Crippen LogP contribution < -0.4 is 10.2 Å². The number of nitro groups is 1. The van der Waals surface area contributed by atoms with Gasteiger partial charge in [-0.1, -0.05) is 13.3 Å². The van der Waals surface area contributed by atoms with E-state index in [9.17, 15) is 10.1 Å². The summed E-state index contributed by atoms with van der Waals surface area (Å²) in [6.45, 7) is 6.47. The van der Waals surface area contributed by atoms with Crippen LogP contribution in [-0.4, -0.2) is 34.5 Å². The Hall–Kier alpha value is -1.92. The van der Waals surface area contributed by atoms with Gasteiger partial charge < -0.3 is 10.2 Å². The van der Waals surface area contributed by atoms with E-state index in [0.29, 0.717) is 24.2 Å². The van der Waals surface area contributed by atoms with Gasteiger partial charge >= 0.3 is 5.69 Å². The minimum Gasteiger partial charge on any atom is -0.354 e. The Morgan fingerprint density at radius 1 is 1.55 bits per heavy atom. The summed E-state index contributed by atoms with van der Waals surface area (Å²) in [7, 11) is 0. The lowest BCUT2D eigenvalue weighted by Crippen LogP contribution is -2.22. The minimum absolute atomic E-state index is 0.0104. The van der Waals surface area contributed by atoms with E-state index in [1.165, 1.54) is 6.20 Å². The first-order chi connectivity index (χ1) is 9.65. The van der Waals surface area contributed by atoms with Crippen molar-refractivity contribution in [1.29, 1.82) is 0 Å². The molecule has 0 saturated carbocycles. The molecule has 2 rings (SSSR count). The highest BCUT2D eigenvalue weighted by Crippen LogP contribution is 2.31. The molecule has 7 nitrogen and oxygen atoms in total. The molecule has 110 valence electrons. The van der Waals surface area contributed by atoms with Crippen LogP contribution >= 0.6 is 0 Å². The molecule has 1 aliphatic heterocycles. The Morgan fingerprint density at radius 3 is 3.00 bits per heavy atom. The fraction of sp³-hybridized carbons (Fsp3) is 0.692. The molecule has 1 unspecified atom stereocenters. The molecule has 1 atom stereocenters. The van der Waals surface area contributed by atoms with Crippen molar-refractivity contribution in [2.24, 2.45) is 5.92 Å². The molecule has 20 heavy (non-hydrogen) atoms. The van der Waals surface area contributed by atoms with Crippen LogP contribution in [0.15, 0.2) is 6.20 Å². The van der Waals surface area contributed by atoms with Crippen molar-refractivity contribution >= 4 is 17.5 Å². The Kier molecular flexibility index (Phi) is 4.70. The number of nitrogens with one attached hydrogen (secondary N) is 1. The van der Waals surface area contributed by atoms with Gasteiger partial charge in [0.2, 0.25) is 11.8 Å². The first kappa shape index (κ1) is 14.5. The number of nitrogens with zero attached hydrogens (tertiary/aromatic N) is 4. The van der Waals surface area contributed by atoms with Crippen molar-refractivity contribution in [3.05, 3.63) is 16.3 Å². The van der Waals surface area contributed by atoms with Crippen molar-refractivity contribution in [3.8, 4) is 0 Å². The van der Waals surface area contributed by atoms with Crippen LogP contribution in [-0.2, 0) is 0 Å². The number of hydrogen-bond acceptors (Lipinski definition) is 6. The fourth-order valence-corrected chi connectivity index (χ4v) is 2.64. The largest absolute Gasteiger partial charge is 0.354 e. The summed E-state index contributed by atoms with van der Waals surface area (Å²) in [5.41, 5.74) is -0.0104. The molecule has 1 saturated heterocycles. The van der Waals surface area contributed by atoms with Gasteiger partial charge in [0, 0.05) is 19.6 Å². The van der Waals surface area contributed by atoms with E-state index in [1.807, 2.05) is 11.8 Å². The van der Waals surface area contributed by atoms with E-state index in [2.05, 4.69) is 22.2 Å². The van der Waals surface area contributed by atoms with Crippen LogP contribution in [0.4, 0.5) is 17.5 Å². The topological polar surface area (TPSA) is 84.2 Å². The van der Waals surface area contributed by atoms with Crippen LogP contribution in [0.1, 0.15) is 33.1 Å². The molecule has 1 aromatic rings. The first-order valence-corrected chi connectivity index (χ1v) is 7.16. The van der Waals surface area contributed by atoms with Crippen LogP contribution in [0, 0.1) is 16.0 Å². The second-order valence-electron chi connectivity index (χ2n) is 5.08. The summed E-state index contributed by atoms with van der Waals surface area (Å²) >= 11 is 0. The number of rotatable bonds is 6. The van der Waals surface area contributed by atoms with Gasteiger partial charge in [0.05, 0.1) is 4.92 Å². The molecule has 1 aromatic heterocycles. The zero-order valence-electron chi connectivity index (χ0n) is 12.0. The average Bonchev–Trinajstić information content (AvgIpc) is 2.88. The van der Waals surface area contributed by atoms with E-state index in [-0.39, 0.29) is 5.69 Å². The molecule has 0 amide bonds. The maximum absolute atomic E-state index is 11.1. The SMILES string of the molecule is CCCC1CCN(c2nc(NCC)ncc2[N+](=O)[O-])C1. The van der Waals surface area contributed by atoms with Crippen LogP contribution in [0.2, 0.25) is 0 Å². The molecule has 1 N–H and O–H groups in total. The third-order valence-electron chi connectivity index (χ3n) is 3.56. The van der Waals surface area contributed by atoms with Gasteiger partial charge in [0.15, 0.2) is 0 Å². The van der Waals surface area contributed by atoms with Gasteiger partial charge in [0.25, 0.3) is 0 Å². The molecular formula is C13H21N5O2.